The van der Waals surface area contributed by atoms with Gasteiger partial charge in [0, 0.05) is 58.1 Å². The van der Waals surface area contributed by atoms with Gasteiger partial charge in [-0.15, -0.1) is 0 Å². The van der Waals surface area contributed by atoms with E-state index in [0.29, 0.717) is 44.0 Å². The Balaban J connectivity index is 1.50. The molecule has 1 heterocycles. The number of anilines is 1. The lowest BCUT2D eigenvalue weighted by molar-refractivity contribution is 0.0823. The van der Waals surface area contributed by atoms with Crippen LogP contribution in [0.25, 0.3) is 0 Å². The van der Waals surface area contributed by atoms with Gasteiger partial charge in [-0.25, -0.2) is 4.79 Å². The summed E-state index contributed by atoms with van der Waals surface area (Å²) in [5.41, 5.74) is 2.04. The minimum absolute atomic E-state index is 0.105. The number of piperazine rings is 1. The molecule has 0 aromatic heterocycles. The molecule has 3 amide bonds. The average molecular weight is 396 g/mol. The van der Waals surface area contributed by atoms with Crippen LogP contribution in [0, 0.1) is 0 Å². The standard InChI is InChI=1S/C22H28N4O3/c1-24(2)21(28)18-9-6-10-19(15-18)23-22(29)26-13-11-25(12-14-26)16-20(27)17-7-4-3-5-8-17/h3-10,15,20,27H,11-14,16H2,1-2H3,(H,23,29). The van der Waals surface area contributed by atoms with Gasteiger partial charge in [-0.2, -0.15) is 0 Å². The van der Waals surface area contributed by atoms with Crippen LogP contribution in [0.5, 0.6) is 0 Å². The molecule has 1 aliphatic heterocycles. The number of urea groups is 1. The number of hydrogen-bond donors (Lipinski definition) is 2. The highest BCUT2D eigenvalue weighted by molar-refractivity contribution is 5.96. The third-order valence-corrected chi connectivity index (χ3v) is 5.04. The molecule has 3 rings (SSSR count). The molecule has 2 aromatic carbocycles. The molecular weight excluding hydrogens is 368 g/mol. The quantitative estimate of drug-likeness (QED) is 0.813. The smallest absolute Gasteiger partial charge is 0.321 e. The Morgan fingerprint density at radius 1 is 1.03 bits per heavy atom. The fraction of sp³-hybridized carbons (Fsp3) is 0.364. The van der Waals surface area contributed by atoms with Crippen molar-refractivity contribution in [3.8, 4) is 0 Å². The van der Waals surface area contributed by atoms with E-state index < -0.39 is 6.10 Å². The van der Waals surface area contributed by atoms with Gasteiger partial charge in [0.25, 0.3) is 5.91 Å². The third kappa shape index (κ3) is 5.56. The van der Waals surface area contributed by atoms with E-state index in [1.165, 1.54) is 4.90 Å². The van der Waals surface area contributed by atoms with E-state index in [1.54, 1.807) is 43.3 Å². The van der Waals surface area contributed by atoms with E-state index in [1.807, 2.05) is 30.3 Å². The number of nitrogens with zero attached hydrogens (tertiary/aromatic N) is 3. The summed E-state index contributed by atoms with van der Waals surface area (Å²) in [6.07, 6.45) is -0.534. The summed E-state index contributed by atoms with van der Waals surface area (Å²) in [7, 11) is 3.39. The Labute approximate surface area is 171 Å². The molecule has 29 heavy (non-hydrogen) atoms. The van der Waals surface area contributed by atoms with Crippen molar-refractivity contribution in [2.45, 2.75) is 6.10 Å². The molecule has 1 aliphatic rings. The van der Waals surface area contributed by atoms with Gasteiger partial charge in [-0.05, 0) is 23.8 Å². The topological polar surface area (TPSA) is 76.1 Å². The second-order valence-electron chi connectivity index (χ2n) is 7.42. The van der Waals surface area contributed by atoms with Crippen LogP contribution in [0.15, 0.2) is 54.6 Å². The van der Waals surface area contributed by atoms with Crippen LogP contribution in [0.4, 0.5) is 10.5 Å². The summed E-state index contributed by atoms with van der Waals surface area (Å²) in [4.78, 5) is 30.1. The molecule has 1 atom stereocenters. The lowest BCUT2D eigenvalue weighted by atomic mass is 10.1. The Morgan fingerprint density at radius 2 is 1.72 bits per heavy atom. The van der Waals surface area contributed by atoms with E-state index in [2.05, 4.69) is 10.2 Å². The minimum Gasteiger partial charge on any atom is -0.387 e. The molecule has 2 aromatic rings. The van der Waals surface area contributed by atoms with Crippen LogP contribution in [-0.2, 0) is 0 Å². The van der Waals surface area contributed by atoms with Gasteiger partial charge >= 0.3 is 6.03 Å². The summed E-state index contributed by atoms with van der Waals surface area (Å²) in [6.45, 7) is 3.13. The molecule has 0 spiro atoms. The molecule has 0 saturated carbocycles. The van der Waals surface area contributed by atoms with Crippen molar-refractivity contribution in [2.24, 2.45) is 0 Å². The SMILES string of the molecule is CN(C)C(=O)c1cccc(NC(=O)N2CCN(CC(O)c3ccccc3)CC2)c1. The number of aliphatic hydroxyl groups excluding tert-OH is 1. The van der Waals surface area contributed by atoms with Crippen LogP contribution < -0.4 is 5.32 Å². The highest BCUT2D eigenvalue weighted by Crippen LogP contribution is 2.16. The van der Waals surface area contributed by atoms with Crippen molar-refractivity contribution < 1.29 is 14.7 Å². The summed E-state index contributed by atoms with van der Waals surface area (Å²) in [6, 6.07) is 16.4. The molecule has 7 heteroatoms. The van der Waals surface area contributed by atoms with Gasteiger partial charge in [-0.1, -0.05) is 36.4 Å². The summed E-state index contributed by atoms with van der Waals surface area (Å²) in [5.74, 6) is -0.105. The predicted molar refractivity (Wildman–Crippen MR) is 113 cm³/mol. The molecule has 2 N–H and O–H groups in total. The normalized spacial score (nSPS) is 15.6. The number of carbonyl (C=O) groups excluding carboxylic acids is 2. The number of rotatable bonds is 5. The molecule has 1 unspecified atom stereocenters. The van der Waals surface area contributed by atoms with Crippen molar-refractivity contribution >= 4 is 17.6 Å². The third-order valence-electron chi connectivity index (χ3n) is 5.04. The van der Waals surface area contributed by atoms with E-state index in [-0.39, 0.29) is 11.9 Å². The number of nitrogens with one attached hydrogen (secondary N) is 1. The Bertz CT molecular complexity index is 833. The molecule has 0 aliphatic carbocycles. The van der Waals surface area contributed by atoms with Crippen LogP contribution in [0.3, 0.4) is 0 Å². The zero-order valence-corrected chi connectivity index (χ0v) is 16.9. The molecular formula is C22H28N4O3. The summed E-state index contributed by atoms with van der Waals surface area (Å²) >= 11 is 0. The van der Waals surface area contributed by atoms with E-state index in [4.69, 9.17) is 0 Å². The Hall–Kier alpha value is -2.90. The first-order valence-electron chi connectivity index (χ1n) is 9.77. The number of β-amino-alcohol motifs (C(OH)–C–C–N with tert-alkyl or cyclic N) is 1. The zero-order valence-electron chi connectivity index (χ0n) is 16.9. The minimum atomic E-state index is -0.534. The van der Waals surface area contributed by atoms with E-state index in [0.717, 1.165) is 5.56 Å². The van der Waals surface area contributed by atoms with Gasteiger partial charge in [-0.3, -0.25) is 9.69 Å². The van der Waals surface area contributed by atoms with Crippen LogP contribution >= 0.6 is 0 Å². The zero-order chi connectivity index (χ0) is 20.8. The van der Waals surface area contributed by atoms with Crippen molar-refractivity contribution in [3.63, 3.8) is 0 Å². The van der Waals surface area contributed by atoms with Crippen LogP contribution in [0.1, 0.15) is 22.0 Å². The Morgan fingerprint density at radius 3 is 2.38 bits per heavy atom. The molecule has 7 nitrogen and oxygen atoms in total. The fourth-order valence-corrected chi connectivity index (χ4v) is 3.35. The second-order valence-corrected chi connectivity index (χ2v) is 7.42. The number of benzene rings is 2. The first-order valence-corrected chi connectivity index (χ1v) is 9.77. The molecule has 154 valence electrons. The predicted octanol–water partition coefficient (Wildman–Crippen LogP) is 2.27. The highest BCUT2D eigenvalue weighted by atomic mass is 16.3. The maximum Gasteiger partial charge on any atom is 0.321 e. The highest BCUT2D eigenvalue weighted by Gasteiger charge is 2.23. The van der Waals surface area contributed by atoms with Crippen molar-refractivity contribution in [1.29, 1.82) is 0 Å². The average Bonchev–Trinajstić information content (AvgIpc) is 2.74. The van der Waals surface area contributed by atoms with Crippen molar-refractivity contribution in [2.75, 3.05) is 52.1 Å². The number of hydrogen-bond acceptors (Lipinski definition) is 4. The first kappa shape index (κ1) is 20.8. The monoisotopic (exact) mass is 396 g/mol. The fourth-order valence-electron chi connectivity index (χ4n) is 3.35. The Kier molecular flexibility index (Phi) is 6.85. The van der Waals surface area contributed by atoms with Gasteiger partial charge in [0.1, 0.15) is 0 Å². The van der Waals surface area contributed by atoms with Crippen LogP contribution in [0.2, 0.25) is 0 Å². The summed E-state index contributed by atoms with van der Waals surface area (Å²) < 4.78 is 0. The van der Waals surface area contributed by atoms with Gasteiger partial charge in [0.05, 0.1) is 6.10 Å². The molecule has 1 saturated heterocycles. The van der Waals surface area contributed by atoms with Crippen LogP contribution in [-0.4, -0.2) is 78.6 Å². The lowest BCUT2D eigenvalue weighted by Crippen LogP contribution is -2.50. The van der Waals surface area contributed by atoms with Crippen molar-refractivity contribution in [1.82, 2.24) is 14.7 Å². The van der Waals surface area contributed by atoms with Gasteiger partial charge < -0.3 is 20.2 Å². The van der Waals surface area contributed by atoms with Gasteiger partial charge in [0.15, 0.2) is 0 Å². The number of carbonyl (C=O) groups is 2. The largest absolute Gasteiger partial charge is 0.387 e. The first-order chi connectivity index (χ1) is 13.9. The maximum atomic E-state index is 12.6. The van der Waals surface area contributed by atoms with E-state index >= 15 is 0 Å². The second kappa shape index (κ2) is 9.54. The molecule has 0 radical (unpaired) electrons. The lowest BCUT2D eigenvalue weighted by Gasteiger charge is -2.35. The summed E-state index contributed by atoms with van der Waals surface area (Å²) in [5, 5.41) is 13.3. The number of amides is 3. The molecule has 0 bridgehead atoms. The molecule has 1 fully saturated rings. The van der Waals surface area contributed by atoms with Crippen molar-refractivity contribution in [3.05, 3.63) is 65.7 Å². The van der Waals surface area contributed by atoms with E-state index in [9.17, 15) is 14.7 Å². The maximum absolute atomic E-state index is 12.6. The van der Waals surface area contributed by atoms with Gasteiger partial charge in [0.2, 0.25) is 0 Å². The number of aliphatic hydroxyl groups is 1.